The highest BCUT2D eigenvalue weighted by Gasteiger charge is 2.07. The summed E-state index contributed by atoms with van der Waals surface area (Å²) >= 11 is 13.1. The number of nitrogens with one attached hydrogen (secondary N) is 2. The molecule has 2 amide bonds. The van der Waals surface area contributed by atoms with Gasteiger partial charge in [-0.1, -0.05) is 29.3 Å². The fourth-order valence-electron chi connectivity index (χ4n) is 1.89. The molecule has 1 aromatic heterocycles. The smallest absolute Gasteiger partial charge is 0.321 e. The van der Waals surface area contributed by atoms with E-state index in [4.69, 9.17) is 32.7 Å². The zero-order valence-electron chi connectivity index (χ0n) is 13.7. The minimum absolute atomic E-state index is 0.337. The zero-order valence-corrected chi connectivity index (χ0v) is 16.0. The maximum atomic E-state index is 11.9. The number of carbonyl (C=O) groups is 1. The minimum Gasteiger partial charge on any atom is -0.385 e. The Kier molecular flexibility index (Phi) is 8.43. The predicted molar refractivity (Wildman–Crippen MR) is 101 cm³/mol. The first kappa shape index (κ1) is 19.9. The standard InChI is InChI=1S/C16H19Cl2N3O3S/c1-23-5-2-6-24-9-12-10-25-16(20-12)21-15(22)19-8-11-3-4-13(17)14(18)7-11/h3-4,7,10H,2,5-6,8-9H2,1H3,(H2,19,20,21,22). The maximum Gasteiger partial charge on any atom is 0.321 e. The van der Waals surface area contributed by atoms with Gasteiger partial charge in [0.05, 0.1) is 22.3 Å². The van der Waals surface area contributed by atoms with Crippen LogP contribution in [0.5, 0.6) is 0 Å². The number of nitrogens with zero attached hydrogens (tertiary/aromatic N) is 1. The lowest BCUT2D eigenvalue weighted by Crippen LogP contribution is -2.28. The number of halogens is 2. The summed E-state index contributed by atoms with van der Waals surface area (Å²) in [7, 11) is 1.66. The van der Waals surface area contributed by atoms with Crippen molar-refractivity contribution in [3.8, 4) is 0 Å². The molecule has 0 radical (unpaired) electrons. The van der Waals surface area contributed by atoms with Crippen LogP contribution in [0, 0.1) is 0 Å². The normalized spacial score (nSPS) is 10.7. The SMILES string of the molecule is COCCCOCc1csc(NC(=O)NCc2ccc(Cl)c(Cl)c2)n1. The van der Waals surface area contributed by atoms with Gasteiger partial charge in [-0.25, -0.2) is 9.78 Å². The van der Waals surface area contributed by atoms with Crippen LogP contribution in [0.1, 0.15) is 17.7 Å². The Balaban J connectivity index is 1.72. The number of urea groups is 1. The molecule has 0 aliphatic carbocycles. The number of rotatable bonds is 9. The van der Waals surface area contributed by atoms with Crippen molar-refractivity contribution in [2.45, 2.75) is 19.6 Å². The molecule has 1 heterocycles. The van der Waals surface area contributed by atoms with Gasteiger partial charge in [-0.05, 0) is 24.1 Å². The Labute approximate surface area is 160 Å². The quantitative estimate of drug-likeness (QED) is 0.611. The predicted octanol–water partition coefficient (Wildman–Crippen LogP) is 4.32. The Bertz CT molecular complexity index is 697. The maximum absolute atomic E-state index is 11.9. The third kappa shape index (κ3) is 7.17. The van der Waals surface area contributed by atoms with Gasteiger partial charge in [0, 0.05) is 32.2 Å². The lowest BCUT2D eigenvalue weighted by Gasteiger charge is -2.06. The summed E-state index contributed by atoms with van der Waals surface area (Å²) < 4.78 is 10.4. The Hall–Kier alpha value is -1.38. The van der Waals surface area contributed by atoms with Gasteiger partial charge in [-0.15, -0.1) is 11.3 Å². The van der Waals surface area contributed by atoms with Crippen molar-refractivity contribution >= 4 is 45.7 Å². The Morgan fingerprint density at radius 3 is 2.88 bits per heavy atom. The van der Waals surface area contributed by atoms with Crippen LogP contribution in [-0.4, -0.2) is 31.3 Å². The molecule has 2 aromatic rings. The highest BCUT2D eigenvalue weighted by molar-refractivity contribution is 7.13. The first-order chi connectivity index (χ1) is 12.1. The fraction of sp³-hybridized carbons (Fsp3) is 0.375. The summed E-state index contributed by atoms with van der Waals surface area (Å²) in [6.07, 6.45) is 0.836. The molecule has 0 atom stereocenters. The number of aromatic nitrogens is 1. The summed E-state index contributed by atoms with van der Waals surface area (Å²) in [5, 5.41) is 8.74. The molecule has 0 unspecified atom stereocenters. The lowest BCUT2D eigenvalue weighted by molar-refractivity contribution is 0.0913. The summed E-state index contributed by atoms with van der Waals surface area (Å²) in [5.41, 5.74) is 1.64. The molecule has 0 bridgehead atoms. The average Bonchev–Trinajstić information content (AvgIpc) is 3.03. The largest absolute Gasteiger partial charge is 0.385 e. The van der Waals surface area contributed by atoms with Gasteiger partial charge in [0.2, 0.25) is 0 Å². The molecule has 25 heavy (non-hydrogen) atoms. The van der Waals surface area contributed by atoms with Gasteiger partial charge in [0.15, 0.2) is 5.13 Å². The molecular formula is C16H19Cl2N3O3S. The number of thiazole rings is 1. The van der Waals surface area contributed by atoms with E-state index in [0.29, 0.717) is 41.5 Å². The van der Waals surface area contributed by atoms with Crippen molar-refractivity contribution in [3.63, 3.8) is 0 Å². The van der Waals surface area contributed by atoms with E-state index in [-0.39, 0.29) is 6.03 Å². The average molecular weight is 404 g/mol. The van der Waals surface area contributed by atoms with E-state index in [0.717, 1.165) is 17.7 Å². The Morgan fingerprint density at radius 2 is 2.12 bits per heavy atom. The van der Waals surface area contributed by atoms with Crippen molar-refractivity contribution in [2.75, 3.05) is 25.6 Å². The van der Waals surface area contributed by atoms with Gasteiger partial charge >= 0.3 is 6.03 Å². The second-order valence-corrected chi connectivity index (χ2v) is 6.77. The number of ether oxygens (including phenoxy) is 2. The van der Waals surface area contributed by atoms with Crippen LogP contribution < -0.4 is 10.6 Å². The fourth-order valence-corrected chi connectivity index (χ4v) is 2.90. The van der Waals surface area contributed by atoms with Crippen LogP contribution in [-0.2, 0) is 22.6 Å². The van der Waals surface area contributed by atoms with Gasteiger partial charge in [-0.3, -0.25) is 5.32 Å². The molecule has 136 valence electrons. The number of methoxy groups -OCH3 is 1. The first-order valence-electron chi connectivity index (χ1n) is 7.58. The number of anilines is 1. The molecule has 0 saturated heterocycles. The molecule has 0 saturated carbocycles. The first-order valence-corrected chi connectivity index (χ1v) is 9.22. The molecule has 9 heteroatoms. The van der Waals surface area contributed by atoms with E-state index in [1.54, 1.807) is 25.3 Å². The van der Waals surface area contributed by atoms with Gasteiger partial charge in [0.1, 0.15) is 0 Å². The van der Waals surface area contributed by atoms with Crippen molar-refractivity contribution in [3.05, 3.63) is 44.9 Å². The molecule has 0 aliphatic heterocycles. The van der Waals surface area contributed by atoms with Crippen molar-refractivity contribution < 1.29 is 14.3 Å². The monoisotopic (exact) mass is 403 g/mol. The van der Waals surface area contributed by atoms with Crippen molar-refractivity contribution in [1.82, 2.24) is 10.3 Å². The number of carbonyl (C=O) groups excluding carboxylic acids is 1. The van der Waals surface area contributed by atoms with E-state index in [2.05, 4.69) is 15.6 Å². The summed E-state index contributed by atoms with van der Waals surface area (Å²) in [6, 6.07) is 4.87. The molecule has 0 aliphatic rings. The highest BCUT2D eigenvalue weighted by Crippen LogP contribution is 2.22. The van der Waals surface area contributed by atoms with E-state index in [1.165, 1.54) is 11.3 Å². The third-order valence-electron chi connectivity index (χ3n) is 3.10. The summed E-state index contributed by atoms with van der Waals surface area (Å²) in [6.45, 7) is 2.03. The van der Waals surface area contributed by atoms with Crippen LogP contribution in [0.25, 0.3) is 0 Å². The highest BCUT2D eigenvalue weighted by atomic mass is 35.5. The van der Waals surface area contributed by atoms with Crippen molar-refractivity contribution in [1.29, 1.82) is 0 Å². The minimum atomic E-state index is -0.340. The summed E-state index contributed by atoms with van der Waals surface area (Å²) in [4.78, 5) is 16.2. The molecule has 0 fully saturated rings. The summed E-state index contributed by atoms with van der Waals surface area (Å²) in [5.74, 6) is 0. The second kappa shape index (κ2) is 10.6. The van der Waals surface area contributed by atoms with Crippen LogP contribution in [0.15, 0.2) is 23.6 Å². The number of hydrogen-bond acceptors (Lipinski definition) is 5. The van der Waals surface area contributed by atoms with E-state index in [1.807, 2.05) is 5.38 Å². The van der Waals surface area contributed by atoms with Crippen molar-refractivity contribution in [2.24, 2.45) is 0 Å². The molecule has 0 spiro atoms. The Morgan fingerprint density at radius 1 is 1.28 bits per heavy atom. The van der Waals surface area contributed by atoms with E-state index in [9.17, 15) is 4.79 Å². The van der Waals surface area contributed by atoms with E-state index >= 15 is 0 Å². The van der Waals surface area contributed by atoms with Crippen LogP contribution >= 0.6 is 34.5 Å². The van der Waals surface area contributed by atoms with E-state index < -0.39 is 0 Å². The second-order valence-electron chi connectivity index (χ2n) is 5.10. The molecule has 6 nitrogen and oxygen atoms in total. The topological polar surface area (TPSA) is 72.5 Å². The van der Waals surface area contributed by atoms with Gasteiger partial charge in [0.25, 0.3) is 0 Å². The zero-order chi connectivity index (χ0) is 18.1. The van der Waals surface area contributed by atoms with Crippen LogP contribution in [0.4, 0.5) is 9.93 Å². The van der Waals surface area contributed by atoms with Crippen LogP contribution in [0.3, 0.4) is 0 Å². The molecule has 2 rings (SSSR count). The molecule has 1 aromatic carbocycles. The van der Waals surface area contributed by atoms with Crippen LogP contribution in [0.2, 0.25) is 10.0 Å². The van der Waals surface area contributed by atoms with Gasteiger partial charge < -0.3 is 14.8 Å². The third-order valence-corrected chi connectivity index (χ3v) is 4.64. The molecule has 2 N–H and O–H groups in total. The number of hydrogen-bond donors (Lipinski definition) is 2. The van der Waals surface area contributed by atoms with Gasteiger partial charge in [-0.2, -0.15) is 0 Å². The lowest BCUT2D eigenvalue weighted by atomic mass is 10.2. The number of amides is 2. The number of benzene rings is 1. The molecular weight excluding hydrogens is 385 g/mol.